The van der Waals surface area contributed by atoms with Crippen LogP contribution in [0.1, 0.15) is 40.8 Å². The van der Waals surface area contributed by atoms with Crippen molar-refractivity contribution in [1.82, 2.24) is 9.97 Å². The quantitative estimate of drug-likeness (QED) is 0.790. The van der Waals surface area contributed by atoms with Crippen LogP contribution in [0, 0.1) is 13.8 Å². The van der Waals surface area contributed by atoms with Gasteiger partial charge in [0.2, 0.25) is 0 Å². The minimum Gasteiger partial charge on any atom is -0.488 e. The number of aromatic nitrogens is 2. The lowest BCUT2D eigenvalue weighted by Gasteiger charge is -2.13. The molecule has 0 unspecified atom stereocenters. The Morgan fingerprint density at radius 3 is 2.83 bits per heavy atom. The number of hydrogen-bond donors (Lipinski definition) is 0. The van der Waals surface area contributed by atoms with Crippen molar-refractivity contribution in [1.29, 1.82) is 0 Å². The van der Waals surface area contributed by atoms with Gasteiger partial charge < -0.3 is 9.47 Å². The molecular formula is C19H22N2O3. The molecule has 0 aromatic carbocycles. The van der Waals surface area contributed by atoms with Gasteiger partial charge >= 0.3 is 0 Å². The number of hydrogen-bond acceptors (Lipinski definition) is 5. The molecule has 2 aromatic rings. The van der Waals surface area contributed by atoms with Gasteiger partial charge in [0.15, 0.2) is 5.78 Å². The van der Waals surface area contributed by atoms with E-state index in [1.54, 1.807) is 12.3 Å². The molecule has 1 aliphatic rings. The van der Waals surface area contributed by atoms with Crippen molar-refractivity contribution >= 4 is 5.78 Å². The predicted octanol–water partition coefficient (Wildman–Crippen LogP) is 3.08. The van der Waals surface area contributed by atoms with Crippen LogP contribution in [0.4, 0.5) is 0 Å². The number of aryl methyl sites for hydroxylation is 2. The molecular weight excluding hydrogens is 304 g/mol. The van der Waals surface area contributed by atoms with Gasteiger partial charge in [0.05, 0.1) is 19.1 Å². The number of Topliss-reactive ketones (excluding diaryl/α,β-unsaturated/α-hetero) is 1. The monoisotopic (exact) mass is 326 g/mol. The maximum atomic E-state index is 12.5. The van der Waals surface area contributed by atoms with Crippen molar-refractivity contribution in [2.45, 2.75) is 45.8 Å². The second-order valence-electron chi connectivity index (χ2n) is 6.38. The number of ether oxygens (including phenoxy) is 2. The third-order valence-electron chi connectivity index (χ3n) is 3.99. The lowest BCUT2D eigenvalue weighted by Crippen LogP contribution is -2.17. The highest BCUT2D eigenvalue weighted by Gasteiger charge is 2.24. The molecule has 1 aliphatic heterocycles. The molecule has 5 heteroatoms. The fourth-order valence-electron chi connectivity index (χ4n) is 2.76. The normalized spacial score (nSPS) is 20.1. The van der Waals surface area contributed by atoms with E-state index in [0.29, 0.717) is 18.1 Å². The molecule has 1 fully saturated rings. The summed E-state index contributed by atoms with van der Waals surface area (Å²) in [6.45, 7) is 6.45. The van der Waals surface area contributed by atoms with Crippen LogP contribution in [0.2, 0.25) is 0 Å². The first kappa shape index (κ1) is 16.6. The minimum absolute atomic E-state index is 0.0310. The van der Waals surface area contributed by atoms with Gasteiger partial charge in [-0.1, -0.05) is 6.07 Å². The SMILES string of the molecule is Cc1ccc(CC(=O)c2cc(O[C@H]3CO[C@H](C)C3)cc(C)n2)nc1. The highest BCUT2D eigenvalue weighted by atomic mass is 16.6. The minimum atomic E-state index is -0.0593. The van der Waals surface area contributed by atoms with Crippen molar-refractivity contribution in [3.8, 4) is 5.75 Å². The van der Waals surface area contributed by atoms with E-state index in [2.05, 4.69) is 9.97 Å². The Labute approximate surface area is 142 Å². The summed E-state index contributed by atoms with van der Waals surface area (Å²) >= 11 is 0. The highest BCUT2D eigenvalue weighted by Crippen LogP contribution is 2.22. The molecule has 126 valence electrons. The molecule has 0 amide bonds. The van der Waals surface area contributed by atoms with E-state index in [9.17, 15) is 4.79 Å². The summed E-state index contributed by atoms with van der Waals surface area (Å²) in [5.74, 6) is 0.612. The Bertz CT molecular complexity index is 728. The fourth-order valence-corrected chi connectivity index (χ4v) is 2.76. The van der Waals surface area contributed by atoms with Gasteiger partial charge in [-0.25, -0.2) is 4.98 Å². The Hall–Kier alpha value is -2.27. The third kappa shape index (κ3) is 4.17. The van der Waals surface area contributed by atoms with E-state index in [0.717, 1.165) is 23.4 Å². The van der Waals surface area contributed by atoms with Gasteiger partial charge in [-0.3, -0.25) is 9.78 Å². The smallest absolute Gasteiger partial charge is 0.187 e. The standard InChI is InChI=1S/C19H22N2O3/c1-12-4-5-15(20-10-12)8-19(22)18-9-16(6-13(2)21-18)24-17-7-14(3)23-11-17/h4-6,9-10,14,17H,7-8,11H2,1-3H3/t14-,17-/m1/s1. The van der Waals surface area contributed by atoms with Gasteiger partial charge in [0, 0.05) is 36.1 Å². The van der Waals surface area contributed by atoms with Crippen molar-refractivity contribution < 1.29 is 14.3 Å². The molecule has 2 atom stereocenters. The van der Waals surface area contributed by atoms with E-state index in [-0.39, 0.29) is 24.4 Å². The number of rotatable bonds is 5. The average molecular weight is 326 g/mol. The molecule has 24 heavy (non-hydrogen) atoms. The van der Waals surface area contributed by atoms with Crippen molar-refractivity contribution in [2.24, 2.45) is 0 Å². The van der Waals surface area contributed by atoms with Crippen molar-refractivity contribution in [3.05, 3.63) is 53.1 Å². The van der Waals surface area contributed by atoms with E-state index in [1.807, 2.05) is 39.0 Å². The summed E-state index contributed by atoms with van der Waals surface area (Å²) in [4.78, 5) is 21.1. The van der Waals surface area contributed by atoms with E-state index in [1.165, 1.54) is 0 Å². The van der Waals surface area contributed by atoms with E-state index >= 15 is 0 Å². The molecule has 0 N–H and O–H groups in total. The van der Waals surface area contributed by atoms with Crippen LogP contribution in [0.15, 0.2) is 30.5 Å². The van der Waals surface area contributed by atoms with Crippen LogP contribution in [0.3, 0.4) is 0 Å². The molecule has 0 spiro atoms. The molecule has 1 saturated heterocycles. The Balaban J connectivity index is 1.72. The molecule has 3 heterocycles. The molecule has 0 saturated carbocycles. The largest absolute Gasteiger partial charge is 0.488 e. The van der Waals surface area contributed by atoms with Crippen LogP contribution in [0.5, 0.6) is 5.75 Å². The summed E-state index contributed by atoms with van der Waals surface area (Å²) in [6, 6.07) is 7.39. The second kappa shape index (κ2) is 7.09. The molecule has 5 nitrogen and oxygen atoms in total. The Morgan fingerprint density at radius 2 is 2.17 bits per heavy atom. The zero-order chi connectivity index (χ0) is 17.1. The van der Waals surface area contributed by atoms with Crippen LogP contribution in [0.25, 0.3) is 0 Å². The first-order chi connectivity index (χ1) is 11.5. The Morgan fingerprint density at radius 1 is 1.33 bits per heavy atom. The van der Waals surface area contributed by atoms with E-state index < -0.39 is 0 Å². The highest BCUT2D eigenvalue weighted by molar-refractivity contribution is 5.95. The number of carbonyl (C=O) groups is 1. The summed E-state index contributed by atoms with van der Waals surface area (Å²) in [7, 11) is 0. The molecule has 3 rings (SSSR count). The Kier molecular flexibility index (Phi) is 4.90. The zero-order valence-electron chi connectivity index (χ0n) is 14.3. The summed E-state index contributed by atoms with van der Waals surface area (Å²) in [6.07, 6.45) is 3.11. The zero-order valence-corrected chi connectivity index (χ0v) is 14.3. The number of nitrogens with zero attached hydrogens (tertiary/aromatic N) is 2. The number of ketones is 1. The maximum Gasteiger partial charge on any atom is 0.187 e. The lowest BCUT2D eigenvalue weighted by atomic mass is 10.1. The maximum absolute atomic E-state index is 12.5. The topological polar surface area (TPSA) is 61.3 Å². The summed E-state index contributed by atoms with van der Waals surface area (Å²) < 4.78 is 11.5. The predicted molar refractivity (Wildman–Crippen MR) is 90.4 cm³/mol. The summed E-state index contributed by atoms with van der Waals surface area (Å²) in [5, 5.41) is 0. The average Bonchev–Trinajstić information content (AvgIpc) is 2.94. The number of pyridine rings is 2. The lowest BCUT2D eigenvalue weighted by molar-refractivity contribution is 0.0984. The van der Waals surface area contributed by atoms with Crippen molar-refractivity contribution in [3.63, 3.8) is 0 Å². The van der Waals surface area contributed by atoms with Gasteiger partial charge in [-0.15, -0.1) is 0 Å². The van der Waals surface area contributed by atoms with Gasteiger partial charge in [-0.2, -0.15) is 0 Å². The van der Waals surface area contributed by atoms with Crippen LogP contribution in [-0.2, 0) is 11.2 Å². The molecule has 2 aromatic heterocycles. The first-order valence-corrected chi connectivity index (χ1v) is 8.21. The van der Waals surface area contributed by atoms with Crippen molar-refractivity contribution in [2.75, 3.05) is 6.61 Å². The second-order valence-corrected chi connectivity index (χ2v) is 6.38. The molecule has 0 aliphatic carbocycles. The van der Waals surface area contributed by atoms with Gasteiger partial charge in [0.1, 0.15) is 17.5 Å². The fraction of sp³-hybridized carbons (Fsp3) is 0.421. The van der Waals surface area contributed by atoms with E-state index in [4.69, 9.17) is 9.47 Å². The molecule has 0 radical (unpaired) electrons. The van der Waals surface area contributed by atoms with Gasteiger partial charge in [-0.05, 0) is 32.4 Å². The van der Waals surface area contributed by atoms with Crippen LogP contribution in [-0.4, -0.2) is 34.6 Å². The van der Waals surface area contributed by atoms with Crippen LogP contribution >= 0.6 is 0 Å². The first-order valence-electron chi connectivity index (χ1n) is 8.21. The molecule has 0 bridgehead atoms. The third-order valence-corrected chi connectivity index (χ3v) is 3.99. The van der Waals surface area contributed by atoms with Gasteiger partial charge in [0.25, 0.3) is 0 Å². The van der Waals surface area contributed by atoms with Crippen LogP contribution < -0.4 is 4.74 Å². The summed E-state index contributed by atoms with van der Waals surface area (Å²) in [5.41, 5.74) is 3.00. The number of carbonyl (C=O) groups excluding carboxylic acids is 1.